The van der Waals surface area contributed by atoms with Gasteiger partial charge in [-0.05, 0) is 88.9 Å². The SMILES string of the molecule is COc1ccc(/C=C/C(O)=C(/C(=O)/C=C/c2ccc(CO)c(CO)c2)C(=O)/C=C/c2ccc(OC)c(OC)c2)cc1C. The molecule has 0 aromatic heterocycles. The number of carbonyl (C=O) groups excluding carboxylic acids is 2. The monoisotopic (exact) mass is 570 g/mol. The molecule has 42 heavy (non-hydrogen) atoms. The summed E-state index contributed by atoms with van der Waals surface area (Å²) >= 11 is 0. The quantitative estimate of drug-likeness (QED) is 0.0822. The van der Waals surface area contributed by atoms with Gasteiger partial charge in [-0.1, -0.05) is 42.5 Å². The molecule has 0 aliphatic rings. The Bertz CT molecular complexity index is 1480. The second-order valence-corrected chi connectivity index (χ2v) is 9.18. The van der Waals surface area contributed by atoms with Crippen LogP contribution in [0.1, 0.15) is 33.4 Å². The van der Waals surface area contributed by atoms with Gasteiger partial charge in [0.05, 0.1) is 34.5 Å². The van der Waals surface area contributed by atoms with Gasteiger partial charge in [-0.2, -0.15) is 0 Å². The summed E-state index contributed by atoms with van der Waals surface area (Å²) in [4.78, 5) is 26.6. The van der Waals surface area contributed by atoms with E-state index in [0.717, 1.165) is 11.1 Å². The predicted molar refractivity (Wildman–Crippen MR) is 162 cm³/mol. The van der Waals surface area contributed by atoms with Crippen molar-refractivity contribution in [3.63, 3.8) is 0 Å². The molecule has 0 aliphatic heterocycles. The number of rotatable bonds is 13. The molecular formula is C34H34O8. The zero-order valence-corrected chi connectivity index (χ0v) is 24.0. The summed E-state index contributed by atoms with van der Waals surface area (Å²) in [6.45, 7) is 1.36. The molecule has 0 bridgehead atoms. The standard InChI is InChI=1S/C34H34O8/c1-22-17-23(9-15-31(22)40-2)6-12-28(37)34(29(38)13-7-24-5-11-26(20-35)27(18-24)21-36)30(39)14-8-25-10-16-32(41-3)33(19-25)42-4/h5-19,35-37H,20-21H2,1-4H3/b12-6+,13-7+,14-8+,34-28+. The number of aliphatic hydroxyl groups is 3. The summed E-state index contributed by atoms with van der Waals surface area (Å²) in [7, 11) is 4.59. The van der Waals surface area contributed by atoms with Crippen LogP contribution in [-0.4, -0.2) is 48.2 Å². The molecule has 0 saturated carbocycles. The fourth-order valence-corrected chi connectivity index (χ4v) is 4.16. The van der Waals surface area contributed by atoms with Crippen LogP contribution in [0.4, 0.5) is 0 Å². The first-order valence-corrected chi connectivity index (χ1v) is 13.0. The van der Waals surface area contributed by atoms with Crippen molar-refractivity contribution >= 4 is 29.8 Å². The van der Waals surface area contributed by atoms with Gasteiger partial charge in [0.2, 0.25) is 0 Å². The van der Waals surface area contributed by atoms with E-state index in [0.29, 0.717) is 39.5 Å². The van der Waals surface area contributed by atoms with Gasteiger partial charge in [0.15, 0.2) is 23.1 Å². The van der Waals surface area contributed by atoms with Crippen molar-refractivity contribution < 1.29 is 39.1 Å². The lowest BCUT2D eigenvalue weighted by atomic mass is 10.0. The average molecular weight is 571 g/mol. The van der Waals surface area contributed by atoms with E-state index in [2.05, 4.69) is 0 Å². The third kappa shape index (κ3) is 8.06. The molecule has 0 atom stereocenters. The Morgan fingerprint density at radius 3 is 1.69 bits per heavy atom. The summed E-state index contributed by atoms with van der Waals surface area (Å²) in [6, 6.07) is 15.4. The van der Waals surface area contributed by atoms with E-state index >= 15 is 0 Å². The van der Waals surface area contributed by atoms with Gasteiger partial charge in [0.25, 0.3) is 0 Å². The Hall–Kier alpha value is -4.92. The highest BCUT2D eigenvalue weighted by molar-refractivity contribution is 6.29. The molecule has 8 nitrogen and oxygen atoms in total. The molecule has 0 fully saturated rings. The van der Waals surface area contributed by atoms with E-state index in [9.17, 15) is 24.9 Å². The zero-order chi connectivity index (χ0) is 30.6. The fraction of sp³-hybridized carbons (Fsp3) is 0.176. The van der Waals surface area contributed by atoms with Crippen molar-refractivity contribution in [2.75, 3.05) is 21.3 Å². The Kier molecular flexibility index (Phi) is 11.4. The van der Waals surface area contributed by atoms with Crippen LogP contribution >= 0.6 is 0 Å². The zero-order valence-electron chi connectivity index (χ0n) is 24.0. The minimum absolute atomic E-state index is 0.236. The Balaban J connectivity index is 1.98. The average Bonchev–Trinajstić information content (AvgIpc) is 3.01. The van der Waals surface area contributed by atoms with Crippen LogP contribution in [0.25, 0.3) is 18.2 Å². The highest BCUT2D eigenvalue weighted by Crippen LogP contribution is 2.28. The number of benzene rings is 3. The van der Waals surface area contributed by atoms with Crippen LogP contribution < -0.4 is 14.2 Å². The van der Waals surface area contributed by atoms with E-state index in [1.807, 2.05) is 13.0 Å². The molecule has 3 N–H and O–H groups in total. The first-order valence-electron chi connectivity index (χ1n) is 13.0. The first kappa shape index (κ1) is 31.6. The molecule has 3 rings (SSSR count). The second kappa shape index (κ2) is 15.2. The van der Waals surface area contributed by atoms with Gasteiger partial charge in [-0.15, -0.1) is 0 Å². The van der Waals surface area contributed by atoms with Gasteiger partial charge < -0.3 is 29.5 Å². The van der Waals surface area contributed by atoms with Crippen molar-refractivity contribution in [2.24, 2.45) is 0 Å². The summed E-state index contributed by atoms with van der Waals surface area (Å²) in [5.74, 6) is -0.237. The molecule has 0 heterocycles. The number of aryl methyl sites for hydroxylation is 1. The third-order valence-electron chi connectivity index (χ3n) is 6.43. The maximum Gasteiger partial charge on any atom is 0.193 e. The molecule has 0 aliphatic carbocycles. The highest BCUT2D eigenvalue weighted by atomic mass is 16.5. The van der Waals surface area contributed by atoms with Gasteiger partial charge in [-0.25, -0.2) is 0 Å². The first-order chi connectivity index (χ1) is 20.2. The van der Waals surface area contributed by atoms with Crippen molar-refractivity contribution in [1.82, 2.24) is 0 Å². The topological polar surface area (TPSA) is 123 Å². The van der Waals surface area contributed by atoms with Gasteiger partial charge in [0.1, 0.15) is 17.1 Å². The predicted octanol–water partition coefficient (Wildman–Crippen LogP) is 5.40. The van der Waals surface area contributed by atoms with Crippen LogP contribution in [0.5, 0.6) is 17.2 Å². The van der Waals surface area contributed by atoms with Gasteiger partial charge in [0, 0.05) is 0 Å². The van der Waals surface area contributed by atoms with Crippen LogP contribution in [-0.2, 0) is 22.8 Å². The summed E-state index contributed by atoms with van der Waals surface area (Å²) in [6.07, 6.45) is 8.23. The lowest BCUT2D eigenvalue weighted by molar-refractivity contribution is -0.117. The number of methoxy groups -OCH3 is 3. The number of allylic oxidation sites excluding steroid dienone is 4. The molecule has 3 aromatic carbocycles. The molecule has 0 radical (unpaired) electrons. The molecule has 0 unspecified atom stereocenters. The number of carbonyl (C=O) groups is 2. The maximum absolute atomic E-state index is 13.3. The van der Waals surface area contributed by atoms with Crippen LogP contribution in [0.15, 0.2) is 84.2 Å². The molecule has 8 heteroatoms. The lowest BCUT2D eigenvalue weighted by Crippen LogP contribution is -2.11. The van der Waals surface area contributed by atoms with E-state index < -0.39 is 22.9 Å². The van der Waals surface area contributed by atoms with Crippen molar-refractivity contribution in [3.8, 4) is 17.2 Å². The van der Waals surface area contributed by atoms with Crippen LogP contribution in [0.3, 0.4) is 0 Å². The van der Waals surface area contributed by atoms with Crippen molar-refractivity contribution in [3.05, 3.63) is 118 Å². The number of hydrogen-bond acceptors (Lipinski definition) is 8. The molecule has 0 spiro atoms. The van der Waals surface area contributed by atoms with Crippen LogP contribution in [0.2, 0.25) is 0 Å². The highest BCUT2D eigenvalue weighted by Gasteiger charge is 2.19. The number of aliphatic hydroxyl groups excluding tert-OH is 3. The van der Waals surface area contributed by atoms with E-state index in [1.54, 1.807) is 61.7 Å². The summed E-state index contributed by atoms with van der Waals surface area (Å²) < 4.78 is 15.8. The van der Waals surface area contributed by atoms with Gasteiger partial charge >= 0.3 is 0 Å². The van der Waals surface area contributed by atoms with Crippen molar-refractivity contribution in [1.29, 1.82) is 0 Å². The molecule has 3 aromatic rings. The van der Waals surface area contributed by atoms with Gasteiger partial charge in [-0.3, -0.25) is 9.59 Å². The van der Waals surface area contributed by atoms with E-state index in [1.165, 1.54) is 44.6 Å². The van der Waals surface area contributed by atoms with E-state index in [4.69, 9.17) is 14.2 Å². The Labute approximate surface area is 245 Å². The minimum atomic E-state index is -0.721. The summed E-state index contributed by atoms with van der Waals surface area (Å²) in [5, 5.41) is 29.9. The summed E-state index contributed by atoms with van der Waals surface area (Å²) in [5.41, 5.74) is 3.44. The normalized spacial score (nSPS) is 12.1. The Morgan fingerprint density at radius 1 is 0.643 bits per heavy atom. The molecule has 0 amide bonds. The lowest BCUT2D eigenvalue weighted by Gasteiger charge is -2.08. The maximum atomic E-state index is 13.3. The number of ether oxygens (including phenoxy) is 3. The minimum Gasteiger partial charge on any atom is -0.507 e. The van der Waals surface area contributed by atoms with Crippen LogP contribution in [0, 0.1) is 6.92 Å². The number of hydrogen-bond donors (Lipinski definition) is 3. The number of ketones is 2. The second-order valence-electron chi connectivity index (χ2n) is 9.18. The fourth-order valence-electron chi connectivity index (χ4n) is 4.16. The van der Waals surface area contributed by atoms with Crippen molar-refractivity contribution in [2.45, 2.75) is 20.1 Å². The largest absolute Gasteiger partial charge is 0.507 e. The van der Waals surface area contributed by atoms with E-state index in [-0.39, 0.29) is 13.2 Å². The Morgan fingerprint density at radius 2 is 1.14 bits per heavy atom. The third-order valence-corrected chi connectivity index (χ3v) is 6.43. The molecular weight excluding hydrogens is 536 g/mol. The molecule has 218 valence electrons. The molecule has 0 saturated heterocycles. The smallest absolute Gasteiger partial charge is 0.193 e.